The maximum atomic E-state index is 9.07. The van der Waals surface area contributed by atoms with Crippen molar-refractivity contribution in [2.45, 2.75) is 6.10 Å². The molecule has 0 spiro atoms. The number of anilines is 2. The fourth-order valence-electron chi connectivity index (χ4n) is 1.86. The van der Waals surface area contributed by atoms with Crippen molar-refractivity contribution in [1.82, 2.24) is 0 Å². The molecule has 1 aliphatic heterocycles. The minimum atomic E-state index is -0.135. The standard InChI is InChI=1S/C11H15ClN2O2/c12-8-1-2-11(10(13)5-8)14-3-4-16-9(6-14)7-15/h1-2,5,9,15H,3-4,6-7,13H2. The van der Waals surface area contributed by atoms with Crippen LogP contribution >= 0.6 is 11.6 Å². The quantitative estimate of drug-likeness (QED) is 0.763. The van der Waals surface area contributed by atoms with Crippen LogP contribution in [0.2, 0.25) is 5.02 Å². The number of nitrogens with zero attached hydrogens (tertiary/aromatic N) is 1. The summed E-state index contributed by atoms with van der Waals surface area (Å²) >= 11 is 5.85. The van der Waals surface area contributed by atoms with Gasteiger partial charge in [-0.25, -0.2) is 0 Å². The third kappa shape index (κ3) is 2.40. The van der Waals surface area contributed by atoms with Gasteiger partial charge in [-0.3, -0.25) is 0 Å². The zero-order chi connectivity index (χ0) is 11.5. The molecule has 5 heteroatoms. The molecule has 0 radical (unpaired) electrons. The number of ether oxygens (including phenoxy) is 1. The lowest BCUT2D eigenvalue weighted by atomic mass is 10.2. The van der Waals surface area contributed by atoms with E-state index in [9.17, 15) is 0 Å². The first-order valence-electron chi connectivity index (χ1n) is 5.23. The fraction of sp³-hybridized carbons (Fsp3) is 0.455. The molecule has 88 valence electrons. The van der Waals surface area contributed by atoms with Crippen LogP contribution in [0.4, 0.5) is 11.4 Å². The summed E-state index contributed by atoms with van der Waals surface area (Å²) in [5, 5.41) is 9.70. The van der Waals surface area contributed by atoms with Gasteiger partial charge >= 0.3 is 0 Å². The number of aliphatic hydroxyl groups excluding tert-OH is 1. The van der Waals surface area contributed by atoms with Crippen LogP contribution in [0.25, 0.3) is 0 Å². The largest absolute Gasteiger partial charge is 0.397 e. The average molecular weight is 243 g/mol. The number of rotatable bonds is 2. The molecule has 0 aromatic heterocycles. The molecular formula is C11H15ClN2O2. The van der Waals surface area contributed by atoms with Gasteiger partial charge < -0.3 is 20.5 Å². The molecule has 1 heterocycles. The average Bonchev–Trinajstić information content (AvgIpc) is 2.29. The molecule has 1 unspecified atom stereocenters. The van der Waals surface area contributed by atoms with E-state index in [0.717, 1.165) is 12.2 Å². The second kappa shape index (κ2) is 4.91. The predicted molar refractivity (Wildman–Crippen MR) is 64.9 cm³/mol. The first-order valence-corrected chi connectivity index (χ1v) is 5.61. The number of halogens is 1. The smallest absolute Gasteiger partial charge is 0.0980 e. The number of nitrogens with two attached hydrogens (primary N) is 1. The minimum absolute atomic E-state index is 0.0317. The Morgan fingerprint density at radius 3 is 3.06 bits per heavy atom. The van der Waals surface area contributed by atoms with Gasteiger partial charge in [0, 0.05) is 18.1 Å². The van der Waals surface area contributed by atoms with E-state index in [1.165, 1.54) is 0 Å². The molecule has 1 fully saturated rings. The summed E-state index contributed by atoms with van der Waals surface area (Å²) in [7, 11) is 0. The van der Waals surface area contributed by atoms with Crippen molar-refractivity contribution in [3.8, 4) is 0 Å². The highest BCUT2D eigenvalue weighted by molar-refractivity contribution is 6.31. The number of nitrogen functional groups attached to an aromatic ring is 1. The Morgan fingerprint density at radius 2 is 2.38 bits per heavy atom. The number of morpholine rings is 1. The van der Waals surface area contributed by atoms with Crippen LogP contribution in [0.15, 0.2) is 18.2 Å². The molecule has 1 atom stereocenters. The lowest BCUT2D eigenvalue weighted by Gasteiger charge is -2.34. The summed E-state index contributed by atoms with van der Waals surface area (Å²) < 4.78 is 5.38. The van der Waals surface area contributed by atoms with E-state index < -0.39 is 0 Å². The van der Waals surface area contributed by atoms with E-state index in [4.69, 9.17) is 27.2 Å². The molecule has 0 bridgehead atoms. The van der Waals surface area contributed by atoms with E-state index in [1.54, 1.807) is 6.07 Å². The Kier molecular flexibility index (Phi) is 3.53. The van der Waals surface area contributed by atoms with Crippen LogP contribution in [0.3, 0.4) is 0 Å². The van der Waals surface area contributed by atoms with Gasteiger partial charge in [-0.1, -0.05) is 11.6 Å². The molecule has 3 N–H and O–H groups in total. The Balaban J connectivity index is 2.16. The highest BCUT2D eigenvalue weighted by Gasteiger charge is 2.21. The lowest BCUT2D eigenvalue weighted by molar-refractivity contribution is 0.00360. The number of benzene rings is 1. The van der Waals surface area contributed by atoms with Gasteiger partial charge in [0.1, 0.15) is 0 Å². The van der Waals surface area contributed by atoms with Crippen LogP contribution < -0.4 is 10.6 Å². The maximum absolute atomic E-state index is 9.07. The van der Waals surface area contributed by atoms with Gasteiger partial charge in [0.15, 0.2) is 0 Å². The summed E-state index contributed by atoms with van der Waals surface area (Å²) in [6.07, 6.45) is -0.135. The third-order valence-corrected chi connectivity index (χ3v) is 2.91. The van der Waals surface area contributed by atoms with Crippen LogP contribution in [0, 0.1) is 0 Å². The van der Waals surface area contributed by atoms with Crippen LogP contribution in [-0.2, 0) is 4.74 Å². The monoisotopic (exact) mass is 242 g/mol. The van der Waals surface area contributed by atoms with Gasteiger partial charge in [-0.15, -0.1) is 0 Å². The van der Waals surface area contributed by atoms with Gasteiger partial charge in [0.25, 0.3) is 0 Å². The summed E-state index contributed by atoms with van der Waals surface area (Å²) in [6.45, 7) is 2.07. The Hall–Kier alpha value is -0.970. The molecule has 2 rings (SSSR count). The topological polar surface area (TPSA) is 58.7 Å². The van der Waals surface area contributed by atoms with E-state index in [2.05, 4.69) is 4.90 Å². The molecule has 1 saturated heterocycles. The van der Waals surface area contributed by atoms with Gasteiger partial charge in [0.2, 0.25) is 0 Å². The zero-order valence-electron chi connectivity index (χ0n) is 8.90. The van der Waals surface area contributed by atoms with Crippen LogP contribution in [-0.4, -0.2) is 37.5 Å². The van der Waals surface area contributed by atoms with E-state index in [1.807, 2.05) is 12.1 Å². The fourth-order valence-corrected chi connectivity index (χ4v) is 2.04. The highest BCUT2D eigenvalue weighted by atomic mass is 35.5. The molecule has 0 aliphatic carbocycles. The molecule has 1 aromatic rings. The second-order valence-electron chi connectivity index (χ2n) is 3.82. The first kappa shape index (κ1) is 11.5. The van der Waals surface area contributed by atoms with Gasteiger partial charge in [0.05, 0.1) is 30.7 Å². The molecule has 1 aliphatic rings. The third-order valence-electron chi connectivity index (χ3n) is 2.67. The van der Waals surface area contributed by atoms with Crippen molar-refractivity contribution in [3.05, 3.63) is 23.2 Å². The highest BCUT2D eigenvalue weighted by Crippen LogP contribution is 2.27. The van der Waals surface area contributed by atoms with E-state index in [0.29, 0.717) is 23.9 Å². The van der Waals surface area contributed by atoms with Crippen molar-refractivity contribution in [1.29, 1.82) is 0 Å². The summed E-state index contributed by atoms with van der Waals surface area (Å²) in [4.78, 5) is 2.11. The maximum Gasteiger partial charge on any atom is 0.0980 e. The molecule has 1 aromatic carbocycles. The second-order valence-corrected chi connectivity index (χ2v) is 4.26. The summed E-state index contributed by atoms with van der Waals surface area (Å²) in [6, 6.07) is 5.45. The van der Waals surface area contributed by atoms with Crippen molar-refractivity contribution in [2.24, 2.45) is 0 Å². The van der Waals surface area contributed by atoms with Crippen LogP contribution in [0.1, 0.15) is 0 Å². The number of hydrogen-bond acceptors (Lipinski definition) is 4. The van der Waals surface area contributed by atoms with Gasteiger partial charge in [-0.05, 0) is 18.2 Å². The minimum Gasteiger partial charge on any atom is -0.397 e. The van der Waals surface area contributed by atoms with Crippen molar-refractivity contribution in [2.75, 3.05) is 36.9 Å². The van der Waals surface area contributed by atoms with E-state index in [-0.39, 0.29) is 12.7 Å². The van der Waals surface area contributed by atoms with Crippen molar-refractivity contribution >= 4 is 23.0 Å². The van der Waals surface area contributed by atoms with Crippen molar-refractivity contribution < 1.29 is 9.84 Å². The van der Waals surface area contributed by atoms with Crippen LogP contribution in [0.5, 0.6) is 0 Å². The molecule has 4 nitrogen and oxygen atoms in total. The number of aliphatic hydroxyl groups is 1. The number of hydrogen-bond donors (Lipinski definition) is 2. The predicted octanol–water partition coefficient (Wildman–Crippen LogP) is 1.12. The molecule has 0 saturated carbocycles. The first-order chi connectivity index (χ1) is 7.70. The normalized spacial score (nSPS) is 21.1. The summed E-state index contributed by atoms with van der Waals surface area (Å²) in [5.41, 5.74) is 7.52. The SMILES string of the molecule is Nc1cc(Cl)ccc1N1CCOC(CO)C1. The van der Waals surface area contributed by atoms with Crippen molar-refractivity contribution in [3.63, 3.8) is 0 Å². The summed E-state index contributed by atoms with van der Waals surface area (Å²) in [5.74, 6) is 0. The van der Waals surface area contributed by atoms with E-state index >= 15 is 0 Å². The Bertz CT molecular complexity index is 373. The molecule has 0 amide bonds. The van der Waals surface area contributed by atoms with Gasteiger partial charge in [-0.2, -0.15) is 0 Å². The Morgan fingerprint density at radius 1 is 1.56 bits per heavy atom. The lowest BCUT2D eigenvalue weighted by Crippen LogP contribution is -2.44. The zero-order valence-corrected chi connectivity index (χ0v) is 9.65. The molecular weight excluding hydrogens is 228 g/mol. The Labute approximate surface area is 99.6 Å². The molecule has 16 heavy (non-hydrogen) atoms.